The van der Waals surface area contributed by atoms with E-state index in [1.807, 2.05) is 43.3 Å². The number of anilines is 1. The number of urea groups is 1. The number of piperazine rings is 1. The highest BCUT2D eigenvalue weighted by Crippen LogP contribution is 2.40. The number of nitrogens with zero attached hydrogens (tertiary/aromatic N) is 3. The van der Waals surface area contributed by atoms with E-state index in [1.165, 1.54) is 0 Å². The van der Waals surface area contributed by atoms with Gasteiger partial charge in [-0.1, -0.05) is 6.07 Å². The van der Waals surface area contributed by atoms with Gasteiger partial charge in [-0.2, -0.15) is 0 Å². The van der Waals surface area contributed by atoms with Crippen LogP contribution in [-0.4, -0.2) is 69.2 Å². The summed E-state index contributed by atoms with van der Waals surface area (Å²) in [4.78, 5) is 22.0. The number of ether oxygens (including phenoxy) is 4. The number of carbonyl (C=O) groups is 1. The van der Waals surface area contributed by atoms with E-state index in [-0.39, 0.29) is 6.03 Å². The molecule has 0 spiro atoms. The first-order valence-electron chi connectivity index (χ1n) is 12.1. The number of benzene rings is 3. The zero-order chi connectivity index (χ0) is 25.9. The van der Waals surface area contributed by atoms with E-state index in [4.69, 9.17) is 23.9 Å². The predicted molar refractivity (Wildman–Crippen MR) is 142 cm³/mol. The first-order chi connectivity index (χ1) is 18.0. The number of amidine groups is 1. The van der Waals surface area contributed by atoms with Gasteiger partial charge in [0.15, 0.2) is 5.75 Å². The summed E-state index contributed by atoms with van der Waals surface area (Å²) in [5.41, 5.74) is 3.34. The van der Waals surface area contributed by atoms with Crippen LogP contribution >= 0.6 is 0 Å². The van der Waals surface area contributed by atoms with Gasteiger partial charge in [-0.25, -0.2) is 9.79 Å². The van der Waals surface area contributed by atoms with Gasteiger partial charge in [-0.05, 0) is 48.9 Å². The summed E-state index contributed by atoms with van der Waals surface area (Å²) in [5.74, 6) is 4.12. The van der Waals surface area contributed by atoms with Crippen LogP contribution in [0.15, 0.2) is 59.6 Å². The molecular weight excluding hydrogens is 472 g/mol. The number of rotatable bonds is 4. The molecule has 0 aliphatic carbocycles. The molecule has 2 heterocycles. The maximum Gasteiger partial charge on any atom is 0.322 e. The highest BCUT2D eigenvalue weighted by atomic mass is 16.5. The Bertz CT molecular complexity index is 1350. The fourth-order valence-electron chi connectivity index (χ4n) is 4.45. The number of carbonyl (C=O) groups excluding carboxylic acids is 1. The Labute approximate surface area is 216 Å². The summed E-state index contributed by atoms with van der Waals surface area (Å²) >= 11 is 0. The number of fused-ring (bicyclic) bond motifs is 2. The van der Waals surface area contributed by atoms with Crippen LogP contribution in [0.3, 0.4) is 0 Å². The van der Waals surface area contributed by atoms with Gasteiger partial charge in [0.25, 0.3) is 0 Å². The standard InChI is InChI=1S/C28H30N4O5/c1-18-5-9-23-26(15-18)37-24-16-19(34-2)6-8-21(24)27(29-23)31-11-13-32(14-12-31)28(33)30-22-10-7-20(35-3)17-25(22)36-4/h5-10,15-17H,11-14H2,1-4H3,(H,30,33). The van der Waals surface area contributed by atoms with Gasteiger partial charge >= 0.3 is 6.03 Å². The Morgan fingerprint density at radius 3 is 2.32 bits per heavy atom. The topological polar surface area (TPSA) is 84.9 Å². The maximum atomic E-state index is 13.0. The molecule has 0 saturated carbocycles. The van der Waals surface area contributed by atoms with E-state index in [0.29, 0.717) is 60.6 Å². The quantitative estimate of drug-likeness (QED) is 0.537. The average Bonchev–Trinajstić information content (AvgIpc) is 3.09. The second-order valence-corrected chi connectivity index (χ2v) is 8.84. The molecule has 0 unspecified atom stereocenters. The Kier molecular flexibility index (Phi) is 6.76. The van der Waals surface area contributed by atoms with Crippen LogP contribution in [0.4, 0.5) is 16.2 Å². The van der Waals surface area contributed by atoms with E-state index in [1.54, 1.807) is 44.4 Å². The van der Waals surface area contributed by atoms with Crippen molar-refractivity contribution in [1.82, 2.24) is 9.80 Å². The van der Waals surface area contributed by atoms with Crippen LogP contribution in [0.25, 0.3) is 0 Å². The molecule has 192 valence electrons. The van der Waals surface area contributed by atoms with Crippen LogP contribution < -0.4 is 24.3 Å². The van der Waals surface area contributed by atoms with E-state index in [2.05, 4.69) is 10.2 Å². The SMILES string of the molecule is COc1ccc(NC(=O)N2CCN(C3=Nc4ccc(C)cc4Oc4cc(OC)ccc43)CC2)c(OC)c1. The molecule has 1 saturated heterocycles. The van der Waals surface area contributed by atoms with Gasteiger partial charge in [0.1, 0.15) is 34.5 Å². The van der Waals surface area contributed by atoms with Crippen LogP contribution in [0.2, 0.25) is 0 Å². The molecule has 37 heavy (non-hydrogen) atoms. The maximum absolute atomic E-state index is 13.0. The van der Waals surface area contributed by atoms with Gasteiger partial charge in [0, 0.05) is 38.3 Å². The Hall–Kier alpha value is -4.40. The largest absolute Gasteiger partial charge is 0.497 e. The van der Waals surface area contributed by atoms with Crippen LogP contribution in [-0.2, 0) is 0 Å². The normalized spacial score (nSPS) is 14.4. The van der Waals surface area contributed by atoms with Crippen molar-refractivity contribution in [3.05, 3.63) is 65.7 Å². The minimum atomic E-state index is -0.180. The van der Waals surface area contributed by atoms with Crippen molar-refractivity contribution in [3.63, 3.8) is 0 Å². The Morgan fingerprint density at radius 1 is 0.865 bits per heavy atom. The third-order valence-electron chi connectivity index (χ3n) is 6.51. The van der Waals surface area contributed by atoms with Crippen LogP contribution in [0.1, 0.15) is 11.1 Å². The smallest absolute Gasteiger partial charge is 0.322 e. The fourth-order valence-corrected chi connectivity index (χ4v) is 4.45. The highest BCUT2D eigenvalue weighted by Gasteiger charge is 2.28. The van der Waals surface area contributed by atoms with Gasteiger partial charge in [-0.15, -0.1) is 0 Å². The number of aliphatic imine (C=N–C) groups is 1. The molecule has 2 aliphatic heterocycles. The third kappa shape index (κ3) is 4.97. The molecule has 2 aliphatic rings. The summed E-state index contributed by atoms with van der Waals surface area (Å²) in [6.07, 6.45) is 0. The molecule has 5 rings (SSSR count). The van der Waals surface area contributed by atoms with Crippen molar-refractivity contribution in [3.8, 4) is 28.7 Å². The molecule has 3 aromatic carbocycles. The minimum absolute atomic E-state index is 0.180. The number of amides is 2. The Balaban J connectivity index is 1.35. The van der Waals surface area contributed by atoms with Gasteiger partial charge in [0.05, 0.1) is 32.6 Å². The molecule has 1 fully saturated rings. The molecule has 3 aromatic rings. The molecule has 0 bridgehead atoms. The number of hydrogen-bond acceptors (Lipinski definition) is 7. The van der Waals surface area contributed by atoms with Crippen LogP contribution in [0.5, 0.6) is 28.7 Å². The second kappa shape index (κ2) is 10.3. The lowest BCUT2D eigenvalue weighted by atomic mass is 10.1. The van der Waals surface area contributed by atoms with Gasteiger partial charge in [-0.3, -0.25) is 0 Å². The van der Waals surface area contributed by atoms with Gasteiger partial charge in [0.2, 0.25) is 0 Å². The zero-order valence-corrected chi connectivity index (χ0v) is 21.4. The van der Waals surface area contributed by atoms with E-state index >= 15 is 0 Å². The molecule has 9 nitrogen and oxygen atoms in total. The summed E-state index contributed by atoms with van der Waals surface area (Å²) in [7, 11) is 4.79. The highest BCUT2D eigenvalue weighted by molar-refractivity contribution is 6.04. The second-order valence-electron chi connectivity index (χ2n) is 8.84. The van der Waals surface area contributed by atoms with Crippen molar-refractivity contribution in [2.45, 2.75) is 6.92 Å². The first-order valence-corrected chi connectivity index (χ1v) is 12.1. The summed E-state index contributed by atoms with van der Waals surface area (Å²) in [5, 5.41) is 2.96. The molecule has 0 aromatic heterocycles. The zero-order valence-electron chi connectivity index (χ0n) is 21.4. The van der Waals surface area contributed by atoms with Crippen molar-refractivity contribution in [2.24, 2.45) is 4.99 Å². The lowest BCUT2D eigenvalue weighted by molar-refractivity contribution is 0.181. The molecule has 0 radical (unpaired) electrons. The van der Waals surface area contributed by atoms with E-state index < -0.39 is 0 Å². The number of aryl methyl sites for hydroxylation is 1. The summed E-state index contributed by atoms with van der Waals surface area (Å²) in [6, 6.07) is 16.9. The molecular formula is C28H30N4O5. The lowest BCUT2D eigenvalue weighted by Gasteiger charge is -2.36. The van der Waals surface area contributed by atoms with Crippen molar-refractivity contribution < 1.29 is 23.7 Å². The van der Waals surface area contributed by atoms with Crippen molar-refractivity contribution in [2.75, 3.05) is 52.8 Å². The van der Waals surface area contributed by atoms with Gasteiger partial charge < -0.3 is 34.1 Å². The number of hydrogen-bond donors (Lipinski definition) is 1. The average molecular weight is 503 g/mol. The minimum Gasteiger partial charge on any atom is -0.497 e. The predicted octanol–water partition coefficient (Wildman–Crippen LogP) is 5.05. The number of methoxy groups -OCH3 is 3. The first kappa shape index (κ1) is 24.3. The third-order valence-corrected chi connectivity index (χ3v) is 6.51. The summed E-state index contributed by atoms with van der Waals surface area (Å²) < 4.78 is 22.4. The van der Waals surface area contributed by atoms with Crippen molar-refractivity contribution in [1.29, 1.82) is 0 Å². The molecule has 9 heteroatoms. The van der Waals surface area contributed by atoms with Crippen LogP contribution in [0, 0.1) is 6.92 Å². The van der Waals surface area contributed by atoms with Crippen molar-refractivity contribution >= 4 is 23.2 Å². The molecule has 1 N–H and O–H groups in total. The summed E-state index contributed by atoms with van der Waals surface area (Å²) in [6.45, 7) is 4.35. The lowest BCUT2D eigenvalue weighted by Crippen LogP contribution is -2.51. The monoisotopic (exact) mass is 502 g/mol. The van der Waals surface area contributed by atoms with E-state index in [0.717, 1.165) is 22.6 Å². The molecule has 0 atom stereocenters. The van der Waals surface area contributed by atoms with E-state index in [9.17, 15) is 4.79 Å². The Morgan fingerprint density at radius 2 is 1.59 bits per heavy atom. The molecule has 2 amide bonds. The number of nitrogens with one attached hydrogen (secondary N) is 1. The fraction of sp³-hybridized carbons (Fsp3) is 0.286.